The first-order valence-corrected chi connectivity index (χ1v) is 6.50. The average Bonchev–Trinajstić information content (AvgIpc) is 2.50. The van der Waals surface area contributed by atoms with Crippen LogP contribution < -0.4 is 5.32 Å². The molecule has 0 radical (unpaired) electrons. The molecule has 0 unspecified atom stereocenters. The number of carbonyl (C=O) groups is 1. The molecule has 0 aliphatic heterocycles. The predicted octanol–water partition coefficient (Wildman–Crippen LogP) is 2.83. The lowest BCUT2D eigenvalue weighted by molar-refractivity contribution is -0.123. The molecule has 2 saturated carbocycles. The van der Waals surface area contributed by atoms with E-state index in [0.29, 0.717) is 23.2 Å². The standard InChI is InChI=1S/C14H25NO/c1-8-12-7-11(13(8,4)5)9(2)14(12,6)15-10(3)16/h8-9,11-12H,7H2,1-6H3,(H,15,16)/t8-,9-,11+,12+,14-/m1/s1. The summed E-state index contributed by atoms with van der Waals surface area (Å²) in [5, 5.41) is 3.23. The molecule has 0 saturated heterocycles. The topological polar surface area (TPSA) is 29.1 Å². The maximum atomic E-state index is 11.4. The molecule has 2 rings (SSSR count). The van der Waals surface area contributed by atoms with Gasteiger partial charge in [0.2, 0.25) is 5.91 Å². The van der Waals surface area contributed by atoms with E-state index in [1.54, 1.807) is 6.92 Å². The summed E-state index contributed by atoms with van der Waals surface area (Å²) in [5.74, 6) is 2.81. The van der Waals surface area contributed by atoms with Crippen LogP contribution in [0.1, 0.15) is 48.0 Å². The van der Waals surface area contributed by atoms with Crippen molar-refractivity contribution in [2.24, 2.45) is 29.1 Å². The minimum atomic E-state index is 0.0193. The Balaban J connectivity index is 2.31. The maximum absolute atomic E-state index is 11.4. The van der Waals surface area contributed by atoms with E-state index < -0.39 is 0 Å². The Labute approximate surface area is 99.2 Å². The van der Waals surface area contributed by atoms with Gasteiger partial charge in [-0.05, 0) is 42.4 Å². The van der Waals surface area contributed by atoms with E-state index in [1.165, 1.54) is 6.42 Å². The van der Waals surface area contributed by atoms with E-state index in [1.807, 2.05) is 0 Å². The largest absolute Gasteiger partial charge is 0.351 e. The third-order valence-corrected chi connectivity index (χ3v) is 6.01. The van der Waals surface area contributed by atoms with Gasteiger partial charge in [-0.1, -0.05) is 27.7 Å². The zero-order valence-corrected chi connectivity index (χ0v) is 11.4. The van der Waals surface area contributed by atoms with Crippen LogP contribution in [0.15, 0.2) is 0 Å². The van der Waals surface area contributed by atoms with Gasteiger partial charge in [0, 0.05) is 12.5 Å². The van der Waals surface area contributed by atoms with Gasteiger partial charge in [0.25, 0.3) is 0 Å². The minimum Gasteiger partial charge on any atom is -0.351 e. The minimum absolute atomic E-state index is 0.0193. The molecular weight excluding hydrogens is 198 g/mol. The SMILES string of the molecule is CC(=O)N[C@]1(C)[C@H](C)[C@@H]2C[C@H]1[C@@H](C)C2(C)C. The number of nitrogens with one attached hydrogen (secondary N) is 1. The first kappa shape index (κ1) is 11.9. The molecule has 0 aromatic rings. The Morgan fingerprint density at radius 3 is 2.12 bits per heavy atom. The summed E-state index contributed by atoms with van der Waals surface area (Å²) in [6, 6.07) is 0. The number of carbonyl (C=O) groups excluding carboxylic acids is 1. The molecule has 2 nitrogen and oxygen atoms in total. The lowest BCUT2D eigenvalue weighted by Crippen LogP contribution is -2.58. The Morgan fingerprint density at radius 2 is 1.69 bits per heavy atom. The van der Waals surface area contributed by atoms with Gasteiger partial charge < -0.3 is 5.32 Å². The second-order valence-electron chi connectivity index (χ2n) is 6.81. The highest BCUT2D eigenvalue weighted by molar-refractivity contribution is 5.74. The molecule has 0 aromatic carbocycles. The molecule has 0 aromatic heterocycles. The number of rotatable bonds is 1. The van der Waals surface area contributed by atoms with E-state index in [-0.39, 0.29) is 11.4 Å². The second kappa shape index (κ2) is 3.24. The van der Waals surface area contributed by atoms with Gasteiger partial charge >= 0.3 is 0 Å². The van der Waals surface area contributed by atoms with Crippen LogP contribution in [0.5, 0.6) is 0 Å². The molecule has 92 valence electrons. The Bertz CT molecular complexity index is 323. The highest BCUT2D eigenvalue weighted by Gasteiger charge is 2.64. The first-order chi connectivity index (χ1) is 7.21. The number of amides is 1. The van der Waals surface area contributed by atoms with Crippen molar-refractivity contribution in [3.8, 4) is 0 Å². The van der Waals surface area contributed by atoms with E-state index >= 15 is 0 Å². The third kappa shape index (κ3) is 1.28. The average molecular weight is 223 g/mol. The molecule has 0 heterocycles. The van der Waals surface area contributed by atoms with Crippen molar-refractivity contribution in [2.45, 2.75) is 53.5 Å². The van der Waals surface area contributed by atoms with Gasteiger partial charge in [0.1, 0.15) is 0 Å². The Hall–Kier alpha value is -0.530. The van der Waals surface area contributed by atoms with Crippen molar-refractivity contribution in [3.63, 3.8) is 0 Å². The van der Waals surface area contributed by atoms with E-state index in [4.69, 9.17) is 0 Å². The van der Waals surface area contributed by atoms with Crippen molar-refractivity contribution in [1.82, 2.24) is 5.32 Å². The van der Waals surface area contributed by atoms with Gasteiger partial charge in [-0.25, -0.2) is 0 Å². The Morgan fingerprint density at radius 1 is 1.12 bits per heavy atom. The van der Waals surface area contributed by atoms with Crippen LogP contribution in [-0.4, -0.2) is 11.4 Å². The lowest BCUT2D eigenvalue weighted by atomic mass is 9.59. The molecule has 2 aliphatic carbocycles. The number of hydrogen-bond donors (Lipinski definition) is 1. The molecule has 0 spiro atoms. The quantitative estimate of drug-likeness (QED) is 0.727. The summed E-state index contributed by atoms with van der Waals surface area (Å²) in [4.78, 5) is 11.4. The van der Waals surface area contributed by atoms with Crippen molar-refractivity contribution in [1.29, 1.82) is 0 Å². The van der Waals surface area contributed by atoms with Gasteiger partial charge in [0.15, 0.2) is 0 Å². The highest BCUT2D eigenvalue weighted by atomic mass is 16.1. The van der Waals surface area contributed by atoms with Crippen molar-refractivity contribution in [2.75, 3.05) is 0 Å². The van der Waals surface area contributed by atoms with E-state index in [2.05, 4.69) is 39.9 Å². The summed E-state index contributed by atoms with van der Waals surface area (Å²) in [6.45, 7) is 13.3. The van der Waals surface area contributed by atoms with Crippen molar-refractivity contribution < 1.29 is 4.79 Å². The van der Waals surface area contributed by atoms with Crippen LogP contribution in [0, 0.1) is 29.1 Å². The van der Waals surface area contributed by atoms with Crippen LogP contribution in [0.2, 0.25) is 0 Å². The fraction of sp³-hybridized carbons (Fsp3) is 0.929. The normalized spacial score (nSPS) is 49.4. The monoisotopic (exact) mass is 223 g/mol. The molecule has 2 heteroatoms. The van der Waals surface area contributed by atoms with Crippen molar-refractivity contribution in [3.05, 3.63) is 0 Å². The molecule has 2 bridgehead atoms. The summed E-state index contributed by atoms with van der Waals surface area (Å²) in [6.07, 6.45) is 1.28. The molecule has 1 N–H and O–H groups in total. The molecule has 5 atom stereocenters. The number of fused-ring (bicyclic) bond motifs is 2. The summed E-state index contributed by atoms with van der Waals surface area (Å²) in [5.41, 5.74) is 0.452. The summed E-state index contributed by atoms with van der Waals surface area (Å²) in [7, 11) is 0. The van der Waals surface area contributed by atoms with Gasteiger partial charge in [-0.3, -0.25) is 4.79 Å². The fourth-order valence-electron chi connectivity index (χ4n) is 4.59. The number of hydrogen-bond acceptors (Lipinski definition) is 1. The smallest absolute Gasteiger partial charge is 0.217 e. The van der Waals surface area contributed by atoms with Crippen molar-refractivity contribution >= 4 is 5.91 Å². The molecule has 1 amide bonds. The molecule has 2 fully saturated rings. The Kier molecular flexibility index (Phi) is 2.42. The van der Waals surface area contributed by atoms with Crippen LogP contribution in [0.25, 0.3) is 0 Å². The molecule has 2 aliphatic rings. The lowest BCUT2D eigenvalue weighted by Gasteiger charge is -2.50. The maximum Gasteiger partial charge on any atom is 0.217 e. The predicted molar refractivity (Wildman–Crippen MR) is 65.9 cm³/mol. The van der Waals surface area contributed by atoms with Crippen LogP contribution in [0.3, 0.4) is 0 Å². The first-order valence-electron chi connectivity index (χ1n) is 6.50. The zero-order valence-electron chi connectivity index (χ0n) is 11.4. The fourth-order valence-corrected chi connectivity index (χ4v) is 4.59. The third-order valence-electron chi connectivity index (χ3n) is 6.01. The van der Waals surface area contributed by atoms with Gasteiger partial charge in [0.05, 0.1) is 0 Å². The van der Waals surface area contributed by atoms with E-state index in [0.717, 1.165) is 5.92 Å². The highest BCUT2D eigenvalue weighted by Crippen LogP contribution is 2.65. The summed E-state index contributed by atoms with van der Waals surface area (Å²) < 4.78 is 0. The molecule has 16 heavy (non-hydrogen) atoms. The molecular formula is C14H25NO. The van der Waals surface area contributed by atoms with Crippen LogP contribution >= 0.6 is 0 Å². The zero-order chi connectivity index (χ0) is 12.3. The van der Waals surface area contributed by atoms with Gasteiger partial charge in [-0.15, -0.1) is 0 Å². The van der Waals surface area contributed by atoms with Crippen LogP contribution in [-0.2, 0) is 4.79 Å². The van der Waals surface area contributed by atoms with E-state index in [9.17, 15) is 4.79 Å². The van der Waals surface area contributed by atoms with Gasteiger partial charge in [-0.2, -0.15) is 0 Å². The summed E-state index contributed by atoms with van der Waals surface area (Å²) >= 11 is 0. The second-order valence-corrected chi connectivity index (χ2v) is 6.81. The van der Waals surface area contributed by atoms with Crippen LogP contribution in [0.4, 0.5) is 0 Å².